The summed E-state index contributed by atoms with van der Waals surface area (Å²) in [5.74, 6) is -0.301. The third-order valence-electron chi connectivity index (χ3n) is 5.04. The van der Waals surface area contributed by atoms with Crippen molar-refractivity contribution < 1.29 is 19.1 Å². The molecule has 1 fully saturated rings. The lowest BCUT2D eigenvalue weighted by atomic mass is 10.1. The molecule has 1 aliphatic heterocycles. The highest BCUT2D eigenvalue weighted by molar-refractivity contribution is 7.09. The zero-order chi connectivity index (χ0) is 22.7. The zero-order valence-electron chi connectivity index (χ0n) is 17.2. The molecule has 4 amide bonds. The Balaban J connectivity index is 1.59. The molecule has 0 radical (unpaired) electrons. The molecule has 1 aromatic heterocycles. The number of anilines is 2. The van der Waals surface area contributed by atoms with E-state index in [-0.39, 0.29) is 18.9 Å². The third kappa shape index (κ3) is 4.61. The molecule has 4 rings (SSSR count). The lowest BCUT2D eigenvalue weighted by Gasteiger charge is -2.21. The van der Waals surface area contributed by atoms with Crippen molar-refractivity contribution in [1.82, 2.24) is 4.90 Å². The average molecular weight is 470 g/mol. The maximum Gasteiger partial charge on any atom is 0.332 e. The first-order valence-corrected chi connectivity index (χ1v) is 11.1. The number of hydrogen-bond acceptors (Lipinski definition) is 5. The van der Waals surface area contributed by atoms with Gasteiger partial charge in [-0.2, -0.15) is 0 Å². The van der Waals surface area contributed by atoms with Gasteiger partial charge in [0.1, 0.15) is 11.8 Å². The molecule has 1 N–H and O–H groups in total. The summed E-state index contributed by atoms with van der Waals surface area (Å²) in [6.45, 7) is 0.238. The summed E-state index contributed by atoms with van der Waals surface area (Å²) in [6, 6.07) is 15.8. The van der Waals surface area contributed by atoms with Crippen LogP contribution in [0, 0.1) is 0 Å². The van der Waals surface area contributed by atoms with Crippen LogP contribution in [0.25, 0.3) is 0 Å². The van der Waals surface area contributed by atoms with Gasteiger partial charge in [0, 0.05) is 21.7 Å². The van der Waals surface area contributed by atoms with E-state index in [9.17, 15) is 14.4 Å². The van der Waals surface area contributed by atoms with Crippen LogP contribution in [-0.2, 0) is 16.1 Å². The number of methoxy groups -OCH3 is 1. The van der Waals surface area contributed by atoms with E-state index in [4.69, 9.17) is 16.3 Å². The minimum atomic E-state index is -0.928. The summed E-state index contributed by atoms with van der Waals surface area (Å²) in [4.78, 5) is 42.8. The molecule has 164 valence electrons. The summed E-state index contributed by atoms with van der Waals surface area (Å²) >= 11 is 7.37. The highest BCUT2D eigenvalue weighted by Crippen LogP contribution is 2.31. The van der Waals surface area contributed by atoms with Crippen LogP contribution < -0.4 is 15.0 Å². The van der Waals surface area contributed by atoms with Crippen molar-refractivity contribution in [2.75, 3.05) is 17.3 Å². The molecule has 0 saturated carbocycles. The van der Waals surface area contributed by atoms with Gasteiger partial charge in [-0.25, -0.2) is 9.69 Å². The van der Waals surface area contributed by atoms with Gasteiger partial charge >= 0.3 is 6.03 Å². The first-order chi connectivity index (χ1) is 15.5. The standard InChI is InChI=1S/C23H20ClN3O4S/c1-31-18-5-2-4-17(12-18)27-22(29)20(26(23(27)30)14-19-6-3-11-32-19)13-21(28)25-16-9-7-15(24)8-10-16/h2-12,20H,13-14H2,1H3,(H,25,28)/t20-/m0/s1. The van der Waals surface area contributed by atoms with Gasteiger partial charge in [-0.15, -0.1) is 11.3 Å². The number of benzene rings is 2. The molecule has 0 bridgehead atoms. The van der Waals surface area contributed by atoms with E-state index in [0.29, 0.717) is 22.1 Å². The van der Waals surface area contributed by atoms with Crippen LogP contribution in [0.5, 0.6) is 5.75 Å². The van der Waals surface area contributed by atoms with Crippen LogP contribution in [0.4, 0.5) is 16.2 Å². The SMILES string of the molecule is COc1cccc(N2C(=O)[C@H](CC(=O)Nc3ccc(Cl)cc3)N(Cc3cccs3)C2=O)c1. The maximum atomic E-state index is 13.3. The second-order valence-electron chi connectivity index (χ2n) is 7.14. The van der Waals surface area contributed by atoms with E-state index in [1.165, 1.54) is 23.3 Å². The molecule has 3 aromatic rings. The number of nitrogens with zero attached hydrogens (tertiary/aromatic N) is 2. The van der Waals surface area contributed by atoms with Crippen LogP contribution in [0.1, 0.15) is 11.3 Å². The fourth-order valence-electron chi connectivity index (χ4n) is 3.49. The van der Waals surface area contributed by atoms with E-state index in [2.05, 4.69) is 5.32 Å². The lowest BCUT2D eigenvalue weighted by molar-refractivity contribution is -0.124. The highest BCUT2D eigenvalue weighted by atomic mass is 35.5. The molecule has 0 spiro atoms. The van der Waals surface area contributed by atoms with Crippen LogP contribution in [-0.4, -0.2) is 35.9 Å². The summed E-state index contributed by atoms with van der Waals surface area (Å²) in [5, 5.41) is 5.21. The Morgan fingerprint density at radius 3 is 2.59 bits per heavy atom. The summed E-state index contributed by atoms with van der Waals surface area (Å²) < 4.78 is 5.23. The quantitative estimate of drug-likeness (QED) is 0.505. The van der Waals surface area contributed by atoms with Crippen molar-refractivity contribution in [3.05, 3.63) is 75.9 Å². The number of amides is 4. The Labute approximate surface area is 194 Å². The van der Waals surface area contributed by atoms with Crippen molar-refractivity contribution in [1.29, 1.82) is 0 Å². The van der Waals surface area contributed by atoms with Gasteiger partial charge in [0.05, 0.1) is 25.8 Å². The Morgan fingerprint density at radius 2 is 1.91 bits per heavy atom. The molecule has 1 atom stereocenters. The van der Waals surface area contributed by atoms with Crippen molar-refractivity contribution in [3.63, 3.8) is 0 Å². The summed E-state index contributed by atoms with van der Waals surface area (Å²) in [5.41, 5.74) is 0.960. The van der Waals surface area contributed by atoms with E-state index < -0.39 is 18.0 Å². The number of carbonyl (C=O) groups is 3. The Bertz CT molecular complexity index is 1130. The van der Waals surface area contributed by atoms with Crippen LogP contribution in [0.2, 0.25) is 5.02 Å². The van der Waals surface area contributed by atoms with Gasteiger partial charge in [-0.3, -0.25) is 9.59 Å². The van der Waals surface area contributed by atoms with E-state index >= 15 is 0 Å². The van der Waals surface area contributed by atoms with E-state index in [1.807, 2.05) is 17.5 Å². The second-order valence-corrected chi connectivity index (χ2v) is 8.61. The predicted molar refractivity (Wildman–Crippen MR) is 124 cm³/mol. The third-order valence-corrected chi connectivity index (χ3v) is 6.16. The van der Waals surface area contributed by atoms with Gasteiger partial charge in [-0.1, -0.05) is 23.7 Å². The van der Waals surface area contributed by atoms with Gasteiger partial charge in [0.15, 0.2) is 0 Å². The molecule has 32 heavy (non-hydrogen) atoms. The number of halogens is 1. The van der Waals surface area contributed by atoms with Crippen LogP contribution in [0.3, 0.4) is 0 Å². The molecule has 2 aromatic carbocycles. The summed E-state index contributed by atoms with van der Waals surface area (Å²) in [7, 11) is 1.51. The lowest BCUT2D eigenvalue weighted by Crippen LogP contribution is -2.37. The monoisotopic (exact) mass is 469 g/mol. The maximum absolute atomic E-state index is 13.3. The van der Waals surface area contributed by atoms with Crippen LogP contribution in [0.15, 0.2) is 66.0 Å². The van der Waals surface area contributed by atoms with Crippen molar-refractivity contribution in [2.45, 2.75) is 19.0 Å². The Hall–Kier alpha value is -3.36. The molecule has 2 heterocycles. The predicted octanol–water partition coefficient (Wildman–Crippen LogP) is 4.78. The zero-order valence-corrected chi connectivity index (χ0v) is 18.7. The number of rotatable bonds is 7. The van der Waals surface area contributed by atoms with E-state index in [1.54, 1.807) is 48.5 Å². The van der Waals surface area contributed by atoms with Gasteiger partial charge in [0.2, 0.25) is 5.91 Å². The molecular weight excluding hydrogens is 450 g/mol. The number of nitrogens with one attached hydrogen (secondary N) is 1. The van der Waals surface area contributed by atoms with Crippen molar-refractivity contribution in [2.24, 2.45) is 0 Å². The molecule has 0 aliphatic carbocycles. The molecule has 9 heteroatoms. The Morgan fingerprint density at radius 1 is 1.12 bits per heavy atom. The number of imide groups is 1. The molecular formula is C23H20ClN3O4S. The molecule has 1 aliphatic rings. The van der Waals surface area contributed by atoms with Gasteiger partial charge in [-0.05, 0) is 47.8 Å². The topological polar surface area (TPSA) is 79.0 Å². The smallest absolute Gasteiger partial charge is 0.332 e. The number of carbonyl (C=O) groups excluding carboxylic acids is 3. The molecule has 7 nitrogen and oxygen atoms in total. The number of hydrogen-bond donors (Lipinski definition) is 1. The van der Waals surface area contributed by atoms with Crippen molar-refractivity contribution in [3.8, 4) is 5.75 Å². The van der Waals surface area contributed by atoms with Gasteiger partial charge < -0.3 is 15.0 Å². The Kier molecular flexibility index (Phi) is 6.43. The first kappa shape index (κ1) is 21.9. The minimum absolute atomic E-state index is 0.168. The minimum Gasteiger partial charge on any atom is -0.497 e. The fourth-order valence-corrected chi connectivity index (χ4v) is 4.32. The summed E-state index contributed by atoms with van der Waals surface area (Å²) in [6.07, 6.45) is -0.168. The highest BCUT2D eigenvalue weighted by Gasteiger charge is 2.46. The normalized spacial score (nSPS) is 15.9. The second kappa shape index (κ2) is 9.42. The average Bonchev–Trinajstić information content (AvgIpc) is 3.38. The first-order valence-electron chi connectivity index (χ1n) is 9.82. The fraction of sp³-hybridized carbons (Fsp3) is 0.174. The number of urea groups is 1. The number of thiophene rings is 1. The van der Waals surface area contributed by atoms with Crippen LogP contribution >= 0.6 is 22.9 Å². The number of ether oxygens (including phenoxy) is 1. The largest absolute Gasteiger partial charge is 0.497 e. The van der Waals surface area contributed by atoms with Gasteiger partial charge in [0.25, 0.3) is 5.91 Å². The van der Waals surface area contributed by atoms with E-state index in [0.717, 1.165) is 9.78 Å². The molecule has 1 saturated heterocycles. The molecule has 0 unspecified atom stereocenters. The van der Waals surface area contributed by atoms with Crippen molar-refractivity contribution >= 4 is 52.2 Å².